The Bertz CT molecular complexity index is 316. The van der Waals surface area contributed by atoms with Gasteiger partial charge in [-0.3, -0.25) is 9.88 Å². The third-order valence-corrected chi connectivity index (χ3v) is 2.91. The quantitative estimate of drug-likeness (QED) is 0.869. The van der Waals surface area contributed by atoms with E-state index >= 15 is 0 Å². The van der Waals surface area contributed by atoms with E-state index in [2.05, 4.69) is 31.9 Å². The third-order valence-electron chi connectivity index (χ3n) is 2.48. The molecule has 0 radical (unpaired) electrons. The molecule has 14 heavy (non-hydrogen) atoms. The van der Waals surface area contributed by atoms with Crippen LogP contribution in [0.25, 0.3) is 0 Å². The van der Waals surface area contributed by atoms with Crippen molar-refractivity contribution in [3.8, 4) is 0 Å². The van der Waals surface area contributed by atoms with Crippen molar-refractivity contribution in [3.05, 3.63) is 28.5 Å². The Kier molecular flexibility index (Phi) is 3.15. The Hall–Kier alpha value is -0.450. The van der Waals surface area contributed by atoms with Gasteiger partial charge < -0.3 is 5.73 Å². The molecule has 0 aliphatic carbocycles. The number of hydrogen-bond acceptors (Lipinski definition) is 3. The first-order valence-corrected chi connectivity index (χ1v) is 5.61. The fraction of sp³-hybridized carbons (Fsp3) is 0.500. The number of hydrogen-bond donors (Lipinski definition) is 1. The fourth-order valence-electron chi connectivity index (χ4n) is 1.81. The van der Waals surface area contributed by atoms with Gasteiger partial charge in [0, 0.05) is 42.5 Å². The smallest absolute Gasteiger partial charge is 0.0410 e. The number of nitrogens with zero attached hydrogens (tertiary/aromatic N) is 2. The highest BCUT2D eigenvalue weighted by Crippen LogP contribution is 2.14. The van der Waals surface area contributed by atoms with Crippen molar-refractivity contribution >= 4 is 15.9 Å². The summed E-state index contributed by atoms with van der Waals surface area (Å²) in [5, 5.41) is 0. The molecule has 1 aliphatic heterocycles. The average Bonchev–Trinajstić information content (AvgIpc) is 2.51. The first-order chi connectivity index (χ1) is 6.74. The van der Waals surface area contributed by atoms with Gasteiger partial charge in [-0.15, -0.1) is 0 Å². The molecule has 1 saturated heterocycles. The number of rotatable bonds is 2. The van der Waals surface area contributed by atoms with Crippen molar-refractivity contribution in [3.63, 3.8) is 0 Å². The van der Waals surface area contributed by atoms with E-state index in [9.17, 15) is 0 Å². The summed E-state index contributed by atoms with van der Waals surface area (Å²) in [5.74, 6) is 0. The van der Waals surface area contributed by atoms with Crippen molar-refractivity contribution in [2.45, 2.75) is 19.0 Å². The first kappa shape index (κ1) is 10.1. The summed E-state index contributed by atoms with van der Waals surface area (Å²) in [6.45, 7) is 3.07. The minimum absolute atomic E-state index is 0.357. The van der Waals surface area contributed by atoms with Gasteiger partial charge in [-0.25, -0.2) is 0 Å². The Balaban J connectivity index is 1.97. The number of likely N-dealkylation sites (tertiary alicyclic amines) is 1. The fourth-order valence-corrected chi connectivity index (χ4v) is 2.22. The zero-order valence-electron chi connectivity index (χ0n) is 7.99. The zero-order chi connectivity index (χ0) is 9.97. The van der Waals surface area contributed by atoms with Gasteiger partial charge in [-0.1, -0.05) is 0 Å². The van der Waals surface area contributed by atoms with E-state index in [1.807, 2.05) is 6.20 Å². The molecule has 0 aromatic carbocycles. The molecule has 0 unspecified atom stereocenters. The van der Waals surface area contributed by atoms with Crippen LogP contribution < -0.4 is 5.73 Å². The van der Waals surface area contributed by atoms with Crippen LogP contribution >= 0.6 is 15.9 Å². The zero-order valence-corrected chi connectivity index (χ0v) is 9.57. The van der Waals surface area contributed by atoms with Crippen molar-refractivity contribution in [2.75, 3.05) is 13.1 Å². The van der Waals surface area contributed by atoms with Crippen LogP contribution in [0.4, 0.5) is 0 Å². The van der Waals surface area contributed by atoms with E-state index in [1.165, 1.54) is 5.56 Å². The predicted octanol–water partition coefficient (Wildman–Crippen LogP) is 1.38. The topological polar surface area (TPSA) is 42.1 Å². The number of halogens is 1. The van der Waals surface area contributed by atoms with Gasteiger partial charge in [0.2, 0.25) is 0 Å². The number of pyridine rings is 1. The van der Waals surface area contributed by atoms with Gasteiger partial charge in [0.25, 0.3) is 0 Å². The molecule has 1 aromatic rings. The lowest BCUT2D eigenvalue weighted by Gasteiger charge is -2.14. The van der Waals surface area contributed by atoms with Gasteiger partial charge in [0.1, 0.15) is 0 Å². The summed E-state index contributed by atoms with van der Waals surface area (Å²) in [6, 6.07) is 2.46. The maximum Gasteiger partial charge on any atom is 0.0410 e. The maximum atomic E-state index is 5.84. The summed E-state index contributed by atoms with van der Waals surface area (Å²) >= 11 is 3.42. The second-order valence-electron chi connectivity index (χ2n) is 3.80. The Morgan fingerprint density at radius 3 is 3.07 bits per heavy atom. The second-order valence-corrected chi connectivity index (χ2v) is 4.71. The van der Waals surface area contributed by atoms with E-state index in [0.717, 1.165) is 30.5 Å². The van der Waals surface area contributed by atoms with Crippen LogP contribution in [0.1, 0.15) is 12.0 Å². The summed E-state index contributed by atoms with van der Waals surface area (Å²) in [7, 11) is 0. The molecule has 0 spiro atoms. The van der Waals surface area contributed by atoms with Crippen LogP contribution in [0.5, 0.6) is 0 Å². The van der Waals surface area contributed by atoms with Gasteiger partial charge in [0.15, 0.2) is 0 Å². The molecule has 1 fully saturated rings. The Labute approximate surface area is 92.4 Å². The van der Waals surface area contributed by atoms with Gasteiger partial charge in [-0.05, 0) is 34.0 Å². The molecular formula is C10H14BrN3. The Morgan fingerprint density at radius 1 is 1.57 bits per heavy atom. The van der Waals surface area contributed by atoms with E-state index in [0.29, 0.717) is 6.04 Å². The van der Waals surface area contributed by atoms with Crippen LogP contribution in [0.3, 0.4) is 0 Å². The lowest BCUT2D eigenvalue weighted by Crippen LogP contribution is -2.26. The molecule has 0 saturated carbocycles. The van der Waals surface area contributed by atoms with E-state index in [4.69, 9.17) is 5.73 Å². The van der Waals surface area contributed by atoms with Gasteiger partial charge in [-0.2, -0.15) is 0 Å². The predicted molar refractivity (Wildman–Crippen MR) is 59.8 cm³/mol. The largest absolute Gasteiger partial charge is 0.326 e. The molecule has 1 aliphatic rings. The molecule has 2 rings (SSSR count). The molecular weight excluding hydrogens is 242 g/mol. The normalized spacial score (nSPS) is 22.9. The lowest BCUT2D eigenvalue weighted by molar-refractivity contribution is 0.326. The van der Waals surface area contributed by atoms with E-state index < -0.39 is 0 Å². The standard InChI is InChI=1S/C10H14BrN3/c11-9-3-8(4-13-5-9)6-14-2-1-10(12)7-14/h3-5,10H,1-2,6-7,12H2/t10-/m1/s1. The van der Waals surface area contributed by atoms with Crippen LogP contribution in [0.2, 0.25) is 0 Å². The molecule has 1 atom stereocenters. The van der Waals surface area contributed by atoms with Crippen LogP contribution in [0.15, 0.2) is 22.9 Å². The first-order valence-electron chi connectivity index (χ1n) is 4.81. The summed E-state index contributed by atoms with van der Waals surface area (Å²) in [5.41, 5.74) is 7.09. The van der Waals surface area contributed by atoms with Crippen molar-refractivity contribution < 1.29 is 0 Å². The molecule has 76 valence electrons. The monoisotopic (exact) mass is 255 g/mol. The minimum atomic E-state index is 0.357. The minimum Gasteiger partial charge on any atom is -0.326 e. The van der Waals surface area contributed by atoms with Crippen molar-refractivity contribution in [1.82, 2.24) is 9.88 Å². The number of nitrogens with two attached hydrogens (primary N) is 1. The molecule has 1 aromatic heterocycles. The molecule has 4 heteroatoms. The van der Waals surface area contributed by atoms with Crippen molar-refractivity contribution in [1.29, 1.82) is 0 Å². The molecule has 2 heterocycles. The lowest BCUT2D eigenvalue weighted by atomic mass is 10.3. The van der Waals surface area contributed by atoms with E-state index in [-0.39, 0.29) is 0 Å². The second kappa shape index (κ2) is 4.38. The Morgan fingerprint density at radius 2 is 2.43 bits per heavy atom. The van der Waals surface area contributed by atoms with Gasteiger partial charge >= 0.3 is 0 Å². The summed E-state index contributed by atoms with van der Waals surface area (Å²) < 4.78 is 1.04. The highest BCUT2D eigenvalue weighted by atomic mass is 79.9. The maximum absolute atomic E-state index is 5.84. The highest BCUT2D eigenvalue weighted by molar-refractivity contribution is 9.10. The van der Waals surface area contributed by atoms with Gasteiger partial charge in [0.05, 0.1) is 0 Å². The number of aromatic nitrogens is 1. The highest BCUT2D eigenvalue weighted by Gasteiger charge is 2.18. The summed E-state index contributed by atoms with van der Waals surface area (Å²) in [6.07, 6.45) is 4.83. The molecule has 3 nitrogen and oxygen atoms in total. The molecule has 0 bridgehead atoms. The van der Waals surface area contributed by atoms with Crippen molar-refractivity contribution in [2.24, 2.45) is 5.73 Å². The third kappa shape index (κ3) is 2.53. The molecule has 0 amide bonds. The average molecular weight is 256 g/mol. The van der Waals surface area contributed by atoms with Crippen LogP contribution in [0, 0.1) is 0 Å². The van der Waals surface area contributed by atoms with E-state index in [1.54, 1.807) is 6.20 Å². The molecule has 2 N–H and O–H groups in total. The SMILES string of the molecule is N[C@@H]1CCN(Cc2cncc(Br)c2)C1. The summed E-state index contributed by atoms with van der Waals surface area (Å²) in [4.78, 5) is 6.51. The van der Waals surface area contributed by atoms with Crippen LogP contribution in [-0.2, 0) is 6.54 Å². The van der Waals surface area contributed by atoms with Crippen LogP contribution in [-0.4, -0.2) is 29.0 Å².